The van der Waals surface area contributed by atoms with Crippen molar-refractivity contribution in [2.75, 3.05) is 20.2 Å². The Morgan fingerprint density at radius 2 is 1.93 bits per heavy atom. The SMILES string of the molecule is COC(=O)c1ccc(-c2nc(CN3CCCC(c4ccccc4)C3)c(C)o2)cc1. The highest BCUT2D eigenvalue weighted by atomic mass is 16.5. The lowest BCUT2D eigenvalue weighted by Gasteiger charge is -2.32. The number of methoxy groups -OCH3 is 1. The molecule has 1 saturated heterocycles. The highest BCUT2D eigenvalue weighted by Gasteiger charge is 2.23. The minimum absolute atomic E-state index is 0.348. The monoisotopic (exact) mass is 390 g/mol. The molecule has 0 amide bonds. The zero-order valence-corrected chi connectivity index (χ0v) is 16.9. The second-order valence-electron chi connectivity index (χ2n) is 7.58. The van der Waals surface area contributed by atoms with Crippen molar-refractivity contribution in [3.63, 3.8) is 0 Å². The average Bonchev–Trinajstić information content (AvgIpc) is 3.14. The Bertz CT molecular complexity index is 964. The second-order valence-corrected chi connectivity index (χ2v) is 7.58. The van der Waals surface area contributed by atoms with E-state index < -0.39 is 0 Å². The summed E-state index contributed by atoms with van der Waals surface area (Å²) >= 11 is 0. The molecule has 0 radical (unpaired) electrons. The van der Waals surface area contributed by atoms with E-state index >= 15 is 0 Å². The Balaban J connectivity index is 1.46. The first kappa shape index (κ1) is 19.4. The van der Waals surface area contributed by atoms with Gasteiger partial charge in [0.1, 0.15) is 5.76 Å². The maximum Gasteiger partial charge on any atom is 0.337 e. The highest BCUT2D eigenvalue weighted by Crippen LogP contribution is 2.29. The van der Waals surface area contributed by atoms with Crippen LogP contribution in [0.2, 0.25) is 0 Å². The number of oxazole rings is 1. The molecule has 2 heterocycles. The number of carbonyl (C=O) groups is 1. The summed E-state index contributed by atoms with van der Waals surface area (Å²) in [7, 11) is 1.38. The van der Waals surface area contributed by atoms with Gasteiger partial charge in [0.15, 0.2) is 0 Å². The number of carbonyl (C=O) groups excluding carboxylic acids is 1. The van der Waals surface area contributed by atoms with Crippen LogP contribution in [0.3, 0.4) is 0 Å². The molecule has 150 valence electrons. The Labute approximate surface area is 171 Å². The molecule has 5 nitrogen and oxygen atoms in total. The number of aryl methyl sites for hydroxylation is 1. The normalized spacial score (nSPS) is 17.2. The third-order valence-corrected chi connectivity index (χ3v) is 5.60. The molecule has 0 aliphatic carbocycles. The van der Waals surface area contributed by atoms with E-state index in [1.807, 2.05) is 19.1 Å². The third kappa shape index (κ3) is 4.40. The van der Waals surface area contributed by atoms with Gasteiger partial charge in [-0.3, -0.25) is 4.90 Å². The second kappa shape index (κ2) is 8.62. The van der Waals surface area contributed by atoms with Crippen LogP contribution in [0.15, 0.2) is 59.0 Å². The summed E-state index contributed by atoms with van der Waals surface area (Å²) in [6.07, 6.45) is 2.43. The molecule has 1 unspecified atom stereocenters. The number of hydrogen-bond donors (Lipinski definition) is 0. The van der Waals surface area contributed by atoms with Crippen LogP contribution in [-0.2, 0) is 11.3 Å². The predicted molar refractivity (Wildman–Crippen MR) is 112 cm³/mol. The van der Waals surface area contributed by atoms with Crippen molar-refractivity contribution >= 4 is 5.97 Å². The van der Waals surface area contributed by atoms with Gasteiger partial charge >= 0.3 is 5.97 Å². The lowest BCUT2D eigenvalue weighted by atomic mass is 9.90. The van der Waals surface area contributed by atoms with Gasteiger partial charge in [-0.25, -0.2) is 9.78 Å². The Kier molecular flexibility index (Phi) is 5.76. The molecular weight excluding hydrogens is 364 g/mol. The number of likely N-dealkylation sites (tertiary alicyclic amines) is 1. The molecular formula is C24H26N2O3. The van der Waals surface area contributed by atoms with E-state index in [9.17, 15) is 4.79 Å². The van der Waals surface area contributed by atoms with E-state index in [0.717, 1.165) is 36.7 Å². The Hall–Kier alpha value is -2.92. The first-order valence-corrected chi connectivity index (χ1v) is 10.1. The summed E-state index contributed by atoms with van der Waals surface area (Å²) in [5, 5.41) is 0. The molecule has 4 rings (SSSR count). The fourth-order valence-electron chi connectivity index (χ4n) is 3.97. The molecule has 1 fully saturated rings. The van der Waals surface area contributed by atoms with Gasteiger partial charge in [-0.1, -0.05) is 30.3 Å². The molecule has 29 heavy (non-hydrogen) atoms. The molecule has 0 N–H and O–H groups in total. The maximum absolute atomic E-state index is 11.6. The summed E-state index contributed by atoms with van der Waals surface area (Å²) < 4.78 is 10.7. The van der Waals surface area contributed by atoms with Crippen molar-refractivity contribution in [3.05, 3.63) is 77.2 Å². The third-order valence-electron chi connectivity index (χ3n) is 5.60. The molecule has 1 aromatic heterocycles. The minimum Gasteiger partial charge on any atom is -0.465 e. The summed E-state index contributed by atoms with van der Waals surface area (Å²) in [6.45, 7) is 4.88. The molecule has 2 aromatic carbocycles. The number of aromatic nitrogens is 1. The molecule has 0 bridgehead atoms. The minimum atomic E-state index is -0.348. The first-order valence-electron chi connectivity index (χ1n) is 10.1. The standard InChI is InChI=1S/C24H26N2O3/c1-17-22(16-26-14-6-9-21(15-26)18-7-4-3-5-8-18)25-23(29-17)19-10-12-20(13-11-19)24(27)28-2/h3-5,7-8,10-13,21H,6,9,14-16H2,1-2H3. The van der Waals surface area contributed by atoms with Crippen LogP contribution in [0.5, 0.6) is 0 Å². The number of esters is 1. The van der Waals surface area contributed by atoms with Crippen molar-refractivity contribution < 1.29 is 13.9 Å². The topological polar surface area (TPSA) is 55.6 Å². The van der Waals surface area contributed by atoms with E-state index in [0.29, 0.717) is 17.4 Å². The number of ether oxygens (including phenoxy) is 1. The van der Waals surface area contributed by atoms with Gasteiger partial charge < -0.3 is 9.15 Å². The molecule has 5 heteroatoms. The zero-order chi connectivity index (χ0) is 20.2. The number of hydrogen-bond acceptors (Lipinski definition) is 5. The van der Waals surface area contributed by atoms with Crippen LogP contribution >= 0.6 is 0 Å². The summed E-state index contributed by atoms with van der Waals surface area (Å²) in [5.74, 6) is 1.66. The van der Waals surface area contributed by atoms with Crippen LogP contribution < -0.4 is 0 Å². The Morgan fingerprint density at radius 3 is 2.66 bits per heavy atom. The molecule has 3 aromatic rings. The van der Waals surface area contributed by atoms with E-state index in [1.165, 1.54) is 25.5 Å². The van der Waals surface area contributed by atoms with Gasteiger partial charge in [0.25, 0.3) is 0 Å². The molecule has 1 atom stereocenters. The average molecular weight is 390 g/mol. The highest BCUT2D eigenvalue weighted by molar-refractivity contribution is 5.89. The lowest BCUT2D eigenvalue weighted by molar-refractivity contribution is 0.0600. The molecule has 1 aliphatic heterocycles. The summed E-state index contributed by atoms with van der Waals surface area (Å²) in [5.41, 5.74) is 3.76. The smallest absolute Gasteiger partial charge is 0.337 e. The van der Waals surface area contributed by atoms with Crippen molar-refractivity contribution in [2.45, 2.75) is 32.2 Å². The number of rotatable bonds is 5. The fraction of sp³-hybridized carbons (Fsp3) is 0.333. The molecule has 0 spiro atoms. The largest absolute Gasteiger partial charge is 0.465 e. The number of nitrogens with zero attached hydrogens (tertiary/aromatic N) is 2. The van der Waals surface area contributed by atoms with Crippen LogP contribution in [0.25, 0.3) is 11.5 Å². The van der Waals surface area contributed by atoms with Gasteiger partial charge in [0.05, 0.1) is 18.4 Å². The van der Waals surface area contributed by atoms with Crippen molar-refractivity contribution in [3.8, 4) is 11.5 Å². The van der Waals surface area contributed by atoms with Crippen molar-refractivity contribution in [2.24, 2.45) is 0 Å². The van der Waals surface area contributed by atoms with E-state index in [4.69, 9.17) is 14.1 Å². The van der Waals surface area contributed by atoms with Crippen molar-refractivity contribution in [1.29, 1.82) is 0 Å². The summed E-state index contributed by atoms with van der Waals surface area (Å²) in [4.78, 5) is 18.8. The maximum atomic E-state index is 11.6. The summed E-state index contributed by atoms with van der Waals surface area (Å²) in [6, 6.07) is 17.9. The quantitative estimate of drug-likeness (QED) is 0.585. The van der Waals surface area contributed by atoms with Crippen LogP contribution in [0.1, 0.15) is 46.1 Å². The molecule has 0 saturated carbocycles. The van der Waals surface area contributed by atoms with E-state index in [2.05, 4.69) is 35.2 Å². The van der Waals surface area contributed by atoms with Gasteiger partial charge in [-0.2, -0.15) is 0 Å². The van der Waals surface area contributed by atoms with Crippen LogP contribution in [-0.4, -0.2) is 36.1 Å². The van der Waals surface area contributed by atoms with Crippen LogP contribution in [0.4, 0.5) is 0 Å². The lowest BCUT2D eigenvalue weighted by Crippen LogP contribution is -2.34. The first-order chi connectivity index (χ1) is 14.1. The zero-order valence-electron chi connectivity index (χ0n) is 16.9. The van der Waals surface area contributed by atoms with Gasteiger partial charge in [0, 0.05) is 18.7 Å². The van der Waals surface area contributed by atoms with Crippen molar-refractivity contribution in [1.82, 2.24) is 9.88 Å². The van der Waals surface area contributed by atoms with Gasteiger partial charge in [-0.05, 0) is 62.1 Å². The molecule has 1 aliphatic rings. The van der Waals surface area contributed by atoms with E-state index in [-0.39, 0.29) is 5.97 Å². The Morgan fingerprint density at radius 1 is 1.17 bits per heavy atom. The number of piperidine rings is 1. The predicted octanol–water partition coefficient (Wildman–Crippen LogP) is 4.82. The van der Waals surface area contributed by atoms with Crippen LogP contribution in [0, 0.1) is 6.92 Å². The van der Waals surface area contributed by atoms with Gasteiger partial charge in [0.2, 0.25) is 5.89 Å². The van der Waals surface area contributed by atoms with Gasteiger partial charge in [-0.15, -0.1) is 0 Å². The fourth-order valence-corrected chi connectivity index (χ4v) is 3.97. The number of benzene rings is 2. The van der Waals surface area contributed by atoms with E-state index in [1.54, 1.807) is 12.1 Å².